The summed E-state index contributed by atoms with van der Waals surface area (Å²) in [7, 11) is -3.86. The Labute approximate surface area is 147 Å². The number of hydrogen-bond donors (Lipinski definition) is 0. The molecular weight excluding hydrogens is 369 g/mol. The van der Waals surface area contributed by atoms with Crippen LogP contribution in [0, 0.1) is 15.9 Å². The number of sulfonamides is 1. The summed E-state index contributed by atoms with van der Waals surface area (Å²) in [5, 5.41) is 10.6. The number of nitrogens with zero attached hydrogens (tertiary/aromatic N) is 3. The van der Waals surface area contributed by atoms with Crippen LogP contribution < -0.4 is 0 Å². The summed E-state index contributed by atoms with van der Waals surface area (Å²) in [6, 6.07) is 6.99. The number of carbonyl (C=O) groups excluding carboxylic acids is 1. The molecule has 0 saturated carbocycles. The van der Waals surface area contributed by atoms with E-state index in [1.165, 1.54) is 23.1 Å². The van der Waals surface area contributed by atoms with E-state index >= 15 is 0 Å². The first-order valence-electron chi connectivity index (χ1n) is 7.58. The number of rotatable bonds is 4. The summed E-state index contributed by atoms with van der Waals surface area (Å²) in [5.74, 6) is -1.93. The first-order valence-corrected chi connectivity index (χ1v) is 9.02. The molecule has 1 fully saturated rings. The van der Waals surface area contributed by atoms with Gasteiger partial charge in [-0.1, -0.05) is 6.07 Å². The Hall–Kier alpha value is -2.79. The quantitative estimate of drug-likeness (QED) is 0.583. The van der Waals surface area contributed by atoms with E-state index in [-0.39, 0.29) is 36.8 Å². The fourth-order valence-corrected chi connectivity index (χ4v) is 4.06. The molecular formula is C15H14FN3O6S. The highest BCUT2D eigenvalue weighted by Crippen LogP contribution is 2.21. The minimum absolute atomic E-state index is 0.0212. The molecule has 0 atom stereocenters. The molecule has 2 heterocycles. The van der Waals surface area contributed by atoms with Gasteiger partial charge >= 0.3 is 5.88 Å². The fourth-order valence-electron chi connectivity index (χ4n) is 2.60. The number of carbonyl (C=O) groups is 1. The maximum Gasteiger partial charge on any atom is 0.433 e. The van der Waals surface area contributed by atoms with Crippen molar-refractivity contribution in [2.75, 3.05) is 26.2 Å². The Bertz CT molecular complexity index is 950. The monoisotopic (exact) mass is 383 g/mol. The maximum absolute atomic E-state index is 13.3. The fraction of sp³-hybridized carbons (Fsp3) is 0.267. The summed E-state index contributed by atoms with van der Waals surface area (Å²) in [6.07, 6.45) is 0. The molecule has 0 N–H and O–H groups in total. The molecule has 1 aromatic carbocycles. The second-order valence-corrected chi connectivity index (χ2v) is 7.49. The minimum atomic E-state index is -3.86. The van der Waals surface area contributed by atoms with Gasteiger partial charge in [-0.25, -0.2) is 12.8 Å². The number of halogens is 1. The summed E-state index contributed by atoms with van der Waals surface area (Å²) in [4.78, 5) is 23.4. The van der Waals surface area contributed by atoms with Crippen molar-refractivity contribution in [3.8, 4) is 0 Å². The van der Waals surface area contributed by atoms with Crippen molar-refractivity contribution >= 4 is 21.8 Å². The van der Waals surface area contributed by atoms with Gasteiger partial charge in [-0.2, -0.15) is 4.31 Å². The molecule has 0 spiro atoms. The van der Waals surface area contributed by atoms with Crippen molar-refractivity contribution in [3.63, 3.8) is 0 Å². The SMILES string of the molecule is O=C(c1ccc([N+](=O)[O-])o1)N1CCN(S(=O)(=O)c2cccc(F)c2)CC1. The lowest BCUT2D eigenvalue weighted by atomic mass is 10.3. The van der Waals surface area contributed by atoms with Gasteiger partial charge in [0.05, 0.1) is 11.0 Å². The van der Waals surface area contributed by atoms with E-state index < -0.39 is 32.6 Å². The van der Waals surface area contributed by atoms with Gasteiger partial charge in [-0.05, 0) is 24.3 Å². The summed E-state index contributed by atoms with van der Waals surface area (Å²) >= 11 is 0. The van der Waals surface area contributed by atoms with Crippen molar-refractivity contribution in [1.82, 2.24) is 9.21 Å². The van der Waals surface area contributed by atoms with E-state index in [1.807, 2.05) is 0 Å². The number of furan rings is 1. The Morgan fingerprint density at radius 1 is 1.15 bits per heavy atom. The normalized spacial score (nSPS) is 15.8. The van der Waals surface area contributed by atoms with Crippen molar-refractivity contribution in [2.24, 2.45) is 0 Å². The third kappa shape index (κ3) is 3.44. The van der Waals surface area contributed by atoms with E-state index in [9.17, 15) is 27.7 Å². The summed E-state index contributed by atoms with van der Waals surface area (Å²) in [6.45, 7) is 0.213. The Kier molecular flexibility index (Phi) is 4.74. The van der Waals surface area contributed by atoms with Crippen LogP contribution in [0.4, 0.5) is 10.3 Å². The third-order valence-electron chi connectivity index (χ3n) is 3.94. The van der Waals surface area contributed by atoms with Gasteiger partial charge < -0.3 is 9.32 Å². The Morgan fingerprint density at radius 2 is 1.85 bits per heavy atom. The van der Waals surface area contributed by atoms with Gasteiger partial charge in [0.1, 0.15) is 10.7 Å². The van der Waals surface area contributed by atoms with Gasteiger partial charge in [0.25, 0.3) is 5.91 Å². The van der Waals surface area contributed by atoms with E-state index in [2.05, 4.69) is 0 Å². The van der Waals surface area contributed by atoms with Crippen LogP contribution in [0.1, 0.15) is 10.6 Å². The zero-order valence-corrected chi connectivity index (χ0v) is 14.2. The molecule has 26 heavy (non-hydrogen) atoms. The molecule has 1 aliphatic rings. The first kappa shape index (κ1) is 18.0. The third-order valence-corrected chi connectivity index (χ3v) is 5.84. The lowest BCUT2D eigenvalue weighted by Crippen LogP contribution is -2.50. The van der Waals surface area contributed by atoms with Gasteiger partial charge in [0.2, 0.25) is 10.0 Å². The number of benzene rings is 1. The number of hydrogen-bond acceptors (Lipinski definition) is 6. The van der Waals surface area contributed by atoms with Crippen LogP contribution in [-0.2, 0) is 10.0 Å². The Morgan fingerprint density at radius 3 is 2.42 bits per heavy atom. The second-order valence-electron chi connectivity index (χ2n) is 5.55. The molecule has 2 aromatic rings. The van der Waals surface area contributed by atoms with Crippen LogP contribution in [0.15, 0.2) is 45.7 Å². The van der Waals surface area contributed by atoms with E-state index in [0.29, 0.717) is 0 Å². The smallest absolute Gasteiger partial charge is 0.395 e. The molecule has 9 nitrogen and oxygen atoms in total. The van der Waals surface area contributed by atoms with Crippen LogP contribution in [0.2, 0.25) is 0 Å². The summed E-state index contributed by atoms with van der Waals surface area (Å²) in [5.41, 5.74) is 0. The van der Waals surface area contributed by atoms with Crippen molar-refractivity contribution in [2.45, 2.75) is 4.90 Å². The molecule has 1 aromatic heterocycles. The largest absolute Gasteiger partial charge is 0.433 e. The number of nitro groups is 1. The van der Waals surface area contributed by atoms with Gasteiger partial charge in [0.15, 0.2) is 5.76 Å². The van der Waals surface area contributed by atoms with Gasteiger partial charge in [-0.3, -0.25) is 14.9 Å². The molecule has 138 valence electrons. The summed E-state index contributed by atoms with van der Waals surface area (Å²) < 4.78 is 44.4. The van der Waals surface area contributed by atoms with Crippen LogP contribution >= 0.6 is 0 Å². The van der Waals surface area contributed by atoms with E-state index in [1.54, 1.807) is 0 Å². The molecule has 3 rings (SSSR count). The first-order chi connectivity index (χ1) is 12.3. The number of amides is 1. The molecule has 1 amide bonds. The topological polar surface area (TPSA) is 114 Å². The van der Waals surface area contributed by atoms with Crippen molar-refractivity contribution in [1.29, 1.82) is 0 Å². The molecule has 0 radical (unpaired) electrons. The number of piperazine rings is 1. The Balaban J connectivity index is 1.68. The lowest BCUT2D eigenvalue weighted by molar-refractivity contribution is -0.402. The standard InChI is InChI=1S/C15H14FN3O6S/c16-11-2-1-3-12(10-11)26(23,24)18-8-6-17(7-9-18)15(20)13-4-5-14(25-13)19(21)22/h1-5,10H,6-9H2. The average molecular weight is 383 g/mol. The van der Waals surface area contributed by atoms with Crippen LogP contribution in [0.5, 0.6) is 0 Å². The van der Waals surface area contributed by atoms with Crippen LogP contribution in [0.3, 0.4) is 0 Å². The molecule has 0 aliphatic carbocycles. The van der Waals surface area contributed by atoms with Crippen molar-refractivity contribution < 1.29 is 26.9 Å². The minimum Gasteiger partial charge on any atom is -0.395 e. The van der Waals surface area contributed by atoms with Crippen LogP contribution in [-0.4, -0.2) is 54.6 Å². The van der Waals surface area contributed by atoms with Gasteiger partial charge in [0, 0.05) is 26.2 Å². The van der Waals surface area contributed by atoms with E-state index in [4.69, 9.17) is 4.42 Å². The highest BCUT2D eigenvalue weighted by molar-refractivity contribution is 7.89. The highest BCUT2D eigenvalue weighted by atomic mass is 32.2. The predicted molar refractivity (Wildman–Crippen MR) is 86.4 cm³/mol. The van der Waals surface area contributed by atoms with E-state index in [0.717, 1.165) is 22.5 Å². The lowest BCUT2D eigenvalue weighted by Gasteiger charge is -2.33. The second kappa shape index (κ2) is 6.84. The average Bonchev–Trinajstić information content (AvgIpc) is 3.11. The van der Waals surface area contributed by atoms with Gasteiger partial charge in [-0.15, -0.1) is 0 Å². The van der Waals surface area contributed by atoms with Crippen LogP contribution in [0.25, 0.3) is 0 Å². The van der Waals surface area contributed by atoms with Crippen molar-refractivity contribution in [3.05, 3.63) is 58.1 Å². The zero-order valence-electron chi connectivity index (χ0n) is 13.4. The predicted octanol–water partition coefficient (Wildman–Crippen LogP) is 1.47. The molecule has 1 aliphatic heterocycles. The molecule has 0 bridgehead atoms. The maximum atomic E-state index is 13.3. The molecule has 11 heteroatoms. The molecule has 1 saturated heterocycles. The molecule has 0 unspecified atom stereocenters. The highest BCUT2D eigenvalue weighted by Gasteiger charge is 2.32. The zero-order chi connectivity index (χ0) is 18.9.